The lowest BCUT2D eigenvalue weighted by molar-refractivity contribution is 0.338. The number of aromatic nitrogens is 2. The molecule has 1 aliphatic heterocycles. The smallest absolute Gasteiger partial charge is 0.123 e. The summed E-state index contributed by atoms with van der Waals surface area (Å²) in [5, 5.41) is 0. The number of rotatable bonds is 2. The van der Waals surface area contributed by atoms with Crippen LogP contribution in [0.15, 0.2) is 42.5 Å². The molecule has 0 radical (unpaired) electrons. The van der Waals surface area contributed by atoms with E-state index in [1.54, 1.807) is 0 Å². The highest BCUT2D eigenvalue weighted by Gasteiger charge is 2.29. The molecule has 1 aliphatic rings. The van der Waals surface area contributed by atoms with Gasteiger partial charge in [0.1, 0.15) is 18.2 Å². The number of imidazole rings is 1. The van der Waals surface area contributed by atoms with E-state index in [0.717, 1.165) is 28.2 Å². The van der Waals surface area contributed by atoms with Crippen LogP contribution in [0.5, 0.6) is 5.75 Å². The fraction of sp³-hybridized carbons (Fsp3) is 0.235. The van der Waals surface area contributed by atoms with Crippen molar-refractivity contribution in [3.63, 3.8) is 0 Å². The Morgan fingerprint density at radius 1 is 1.24 bits per heavy atom. The molecule has 2 heterocycles. The first-order chi connectivity index (χ1) is 10.3. The van der Waals surface area contributed by atoms with E-state index in [2.05, 4.69) is 29.8 Å². The van der Waals surface area contributed by atoms with E-state index in [0.29, 0.717) is 13.2 Å². The lowest BCUT2D eigenvalue weighted by Crippen LogP contribution is -2.09. The van der Waals surface area contributed by atoms with Gasteiger partial charge in [-0.05, 0) is 17.7 Å². The van der Waals surface area contributed by atoms with Crippen molar-refractivity contribution in [3.05, 3.63) is 59.4 Å². The number of aryl methyl sites for hydroxylation is 1. The van der Waals surface area contributed by atoms with Crippen molar-refractivity contribution in [1.82, 2.24) is 9.55 Å². The van der Waals surface area contributed by atoms with Gasteiger partial charge in [-0.2, -0.15) is 0 Å². The maximum Gasteiger partial charge on any atom is 0.123 e. The molecule has 21 heavy (non-hydrogen) atoms. The largest absolute Gasteiger partial charge is 0.492 e. The predicted octanol–water partition coefficient (Wildman–Crippen LogP) is 2.56. The molecule has 2 N–H and O–H groups in total. The van der Waals surface area contributed by atoms with Crippen LogP contribution in [-0.2, 0) is 13.6 Å². The number of ether oxygens (including phenoxy) is 1. The summed E-state index contributed by atoms with van der Waals surface area (Å²) in [4.78, 5) is 4.87. The molecule has 0 spiro atoms. The maximum absolute atomic E-state index is 5.83. The van der Waals surface area contributed by atoms with Crippen LogP contribution in [0, 0.1) is 0 Å². The number of hydrogen-bond donors (Lipinski definition) is 1. The van der Waals surface area contributed by atoms with Crippen LogP contribution in [0.1, 0.15) is 22.9 Å². The van der Waals surface area contributed by atoms with Gasteiger partial charge in [-0.25, -0.2) is 4.98 Å². The summed E-state index contributed by atoms with van der Waals surface area (Å²) in [6, 6.07) is 14.4. The SMILES string of the molecule is Cn1c(C2COc3ccccc32)nc2c(CN)cccc21. The Bertz CT molecular complexity index is 822. The molecule has 1 unspecified atom stereocenters. The number of para-hydroxylation sites is 2. The van der Waals surface area contributed by atoms with E-state index < -0.39 is 0 Å². The lowest BCUT2D eigenvalue weighted by Gasteiger charge is -2.08. The minimum absolute atomic E-state index is 0.184. The van der Waals surface area contributed by atoms with Gasteiger partial charge < -0.3 is 15.0 Å². The molecular weight excluding hydrogens is 262 g/mol. The summed E-state index contributed by atoms with van der Waals surface area (Å²) in [7, 11) is 2.06. The van der Waals surface area contributed by atoms with Gasteiger partial charge >= 0.3 is 0 Å². The third-order valence-electron chi connectivity index (χ3n) is 4.26. The molecule has 3 aromatic rings. The summed E-state index contributed by atoms with van der Waals surface area (Å²) in [6.07, 6.45) is 0. The Morgan fingerprint density at radius 2 is 2.10 bits per heavy atom. The summed E-state index contributed by atoms with van der Waals surface area (Å²) in [5.41, 5.74) is 10.3. The molecule has 1 atom stereocenters. The van der Waals surface area contributed by atoms with Gasteiger partial charge in [0.05, 0.1) is 17.0 Å². The van der Waals surface area contributed by atoms with Crippen LogP contribution in [0.3, 0.4) is 0 Å². The van der Waals surface area contributed by atoms with Crippen molar-refractivity contribution in [2.75, 3.05) is 6.61 Å². The van der Waals surface area contributed by atoms with E-state index in [-0.39, 0.29) is 5.92 Å². The van der Waals surface area contributed by atoms with E-state index >= 15 is 0 Å². The first kappa shape index (κ1) is 12.4. The van der Waals surface area contributed by atoms with Crippen LogP contribution in [0.4, 0.5) is 0 Å². The molecule has 0 fully saturated rings. The van der Waals surface area contributed by atoms with Crippen molar-refractivity contribution in [1.29, 1.82) is 0 Å². The third-order valence-corrected chi connectivity index (χ3v) is 4.26. The average Bonchev–Trinajstić information content (AvgIpc) is 3.09. The van der Waals surface area contributed by atoms with E-state index in [9.17, 15) is 0 Å². The maximum atomic E-state index is 5.83. The highest BCUT2D eigenvalue weighted by atomic mass is 16.5. The standard InChI is InChI=1S/C17H17N3O/c1-20-14-7-4-5-11(9-18)16(14)19-17(20)13-10-21-15-8-3-2-6-12(13)15/h2-8,13H,9-10,18H2,1H3. The average molecular weight is 279 g/mol. The number of hydrogen-bond acceptors (Lipinski definition) is 3. The highest BCUT2D eigenvalue weighted by Crippen LogP contribution is 2.38. The number of nitrogens with zero attached hydrogens (tertiary/aromatic N) is 2. The second-order valence-electron chi connectivity index (χ2n) is 5.42. The zero-order chi connectivity index (χ0) is 14.4. The quantitative estimate of drug-likeness (QED) is 0.784. The van der Waals surface area contributed by atoms with Gasteiger partial charge in [0.15, 0.2) is 0 Å². The molecule has 4 rings (SSSR count). The van der Waals surface area contributed by atoms with Crippen LogP contribution in [-0.4, -0.2) is 16.2 Å². The second kappa shape index (κ2) is 4.60. The minimum atomic E-state index is 0.184. The minimum Gasteiger partial charge on any atom is -0.492 e. The molecule has 4 heteroatoms. The molecule has 2 aromatic carbocycles. The number of fused-ring (bicyclic) bond motifs is 2. The van der Waals surface area contributed by atoms with Gasteiger partial charge in [0, 0.05) is 19.2 Å². The molecular formula is C17H17N3O. The van der Waals surface area contributed by atoms with Crippen LogP contribution < -0.4 is 10.5 Å². The van der Waals surface area contributed by atoms with Crippen molar-refractivity contribution in [2.24, 2.45) is 12.8 Å². The van der Waals surface area contributed by atoms with Crippen molar-refractivity contribution in [3.8, 4) is 5.75 Å². The van der Waals surface area contributed by atoms with Crippen LogP contribution in [0.2, 0.25) is 0 Å². The Hall–Kier alpha value is -2.33. The van der Waals surface area contributed by atoms with E-state index in [4.69, 9.17) is 15.5 Å². The van der Waals surface area contributed by atoms with Crippen molar-refractivity contribution in [2.45, 2.75) is 12.5 Å². The molecule has 0 amide bonds. The highest BCUT2D eigenvalue weighted by molar-refractivity contribution is 5.80. The first-order valence-electron chi connectivity index (χ1n) is 7.15. The first-order valence-corrected chi connectivity index (χ1v) is 7.15. The molecule has 0 saturated heterocycles. The van der Waals surface area contributed by atoms with Crippen molar-refractivity contribution < 1.29 is 4.74 Å². The molecule has 0 aliphatic carbocycles. The summed E-state index contributed by atoms with van der Waals surface area (Å²) in [6.45, 7) is 1.15. The fourth-order valence-corrected chi connectivity index (χ4v) is 3.14. The molecule has 106 valence electrons. The second-order valence-corrected chi connectivity index (χ2v) is 5.42. The van der Waals surface area contributed by atoms with Crippen LogP contribution >= 0.6 is 0 Å². The topological polar surface area (TPSA) is 53.1 Å². The molecule has 0 saturated carbocycles. The fourth-order valence-electron chi connectivity index (χ4n) is 3.14. The zero-order valence-electron chi connectivity index (χ0n) is 11.9. The van der Waals surface area contributed by atoms with Gasteiger partial charge in [-0.3, -0.25) is 0 Å². The normalized spacial score (nSPS) is 17.0. The zero-order valence-corrected chi connectivity index (χ0v) is 11.9. The Morgan fingerprint density at radius 3 is 2.95 bits per heavy atom. The molecule has 1 aromatic heterocycles. The Kier molecular flexibility index (Phi) is 2.72. The summed E-state index contributed by atoms with van der Waals surface area (Å²) >= 11 is 0. The number of nitrogens with two attached hydrogens (primary N) is 1. The summed E-state index contributed by atoms with van der Waals surface area (Å²) < 4.78 is 7.95. The van der Waals surface area contributed by atoms with E-state index in [1.165, 1.54) is 5.56 Å². The Balaban J connectivity index is 1.91. The van der Waals surface area contributed by atoms with Gasteiger partial charge in [0.2, 0.25) is 0 Å². The third kappa shape index (κ3) is 1.76. The Labute approximate surface area is 123 Å². The van der Waals surface area contributed by atoms with Gasteiger partial charge in [0.25, 0.3) is 0 Å². The number of benzene rings is 2. The molecule has 4 nitrogen and oxygen atoms in total. The van der Waals surface area contributed by atoms with Gasteiger partial charge in [-0.15, -0.1) is 0 Å². The van der Waals surface area contributed by atoms with E-state index in [1.807, 2.05) is 24.3 Å². The monoisotopic (exact) mass is 279 g/mol. The molecule has 0 bridgehead atoms. The van der Waals surface area contributed by atoms with Gasteiger partial charge in [-0.1, -0.05) is 30.3 Å². The van der Waals surface area contributed by atoms with Crippen molar-refractivity contribution >= 4 is 11.0 Å². The van der Waals surface area contributed by atoms with Crippen LogP contribution in [0.25, 0.3) is 11.0 Å². The predicted molar refractivity (Wildman–Crippen MR) is 82.4 cm³/mol. The summed E-state index contributed by atoms with van der Waals surface area (Å²) in [5.74, 6) is 2.19. The lowest BCUT2D eigenvalue weighted by atomic mass is 10.0.